The van der Waals surface area contributed by atoms with Gasteiger partial charge >= 0.3 is 0 Å². The number of rotatable bonds is 1. The standard InChI is InChI=1S/C11H13FO/c1-7-3-4-9(8(2)10(7)12)11(13)5-6-11/h3-4,13H,5-6H2,1-2H3. The SMILES string of the molecule is Cc1ccc(C2(O)CC2)c(C)c1F. The molecule has 1 N–H and O–H groups in total. The van der Waals surface area contributed by atoms with Crippen molar-refractivity contribution in [3.8, 4) is 0 Å². The zero-order valence-corrected chi connectivity index (χ0v) is 7.89. The summed E-state index contributed by atoms with van der Waals surface area (Å²) in [5.41, 5.74) is 1.28. The molecule has 0 atom stereocenters. The average molecular weight is 180 g/mol. The normalized spacial score (nSPS) is 18.8. The summed E-state index contributed by atoms with van der Waals surface area (Å²) in [7, 11) is 0. The van der Waals surface area contributed by atoms with Crippen molar-refractivity contribution >= 4 is 0 Å². The van der Waals surface area contributed by atoms with Gasteiger partial charge in [-0.05, 0) is 43.4 Å². The van der Waals surface area contributed by atoms with Crippen LogP contribution in [0.4, 0.5) is 4.39 Å². The van der Waals surface area contributed by atoms with E-state index in [1.807, 2.05) is 6.07 Å². The Morgan fingerprint density at radius 2 is 1.92 bits per heavy atom. The lowest BCUT2D eigenvalue weighted by molar-refractivity contribution is 0.150. The molecule has 13 heavy (non-hydrogen) atoms. The van der Waals surface area contributed by atoms with E-state index in [1.54, 1.807) is 19.9 Å². The Labute approximate surface area is 77.2 Å². The van der Waals surface area contributed by atoms with Gasteiger partial charge in [0.15, 0.2) is 0 Å². The van der Waals surface area contributed by atoms with Crippen LogP contribution in [0.25, 0.3) is 0 Å². The van der Waals surface area contributed by atoms with E-state index < -0.39 is 5.60 Å². The van der Waals surface area contributed by atoms with Crippen molar-refractivity contribution in [3.63, 3.8) is 0 Å². The van der Waals surface area contributed by atoms with Gasteiger partial charge in [-0.1, -0.05) is 12.1 Å². The molecule has 1 nitrogen and oxygen atoms in total. The lowest BCUT2D eigenvalue weighted by atomic mass is 9.99. The van der Waals surface area contributed by atoms with Crippen molar-refractivity contribution in [2.75, 3.05) is 0 Å². The van der Waals surface area contributed by atoms with Crippen molar-refractivity contribution in [3.05, 3.63) is 34.6 Å². The quantitative estimate of drug-likeness (QED) is 0.703. The molecule has 0 unspecified atom stereocenters. The topological polar surface area (TPSA) is 20.2 Å². The number of hydrogen-bond donors (Lipinski definition) is 1. The van der Waals surface area contributed by atoms with Crippen LogP contribution in [0.1, 0.15) is 29.5 Å². The number of halogens is 1. The highest BCUT2D eigenvalue weighted by Crippen LogP contribution is 2.46. The molecule has 1 saturated carbocycles. The third-order valence-electron chi connectivity index (χ3n) is 2.80. The number of aryl methyl sites for hydroxylation is 1. The van der Waals surface area contributed by atoms with Crippen molar-refractivity contribution < 1.29 is 9.50 Å². The highest BCUT2D eigenvalue weighted by molar-refractivity contribution is 5.38. The molecular formula is C11H13FO. The average Bonchev–Trinajstić information content (AvgIpc) is 2.80. The van der Waals surface area contributed by atoms with Gasteiger partial charge in [-0.15, -0.1) is 0 Å². The summed E-state index contributed by atoms with van der Waals surface area (Å²) in [5, 5.41) is 9.83. The van der Waals surface area contributed by atoms with Crippen LogP contribution in [-0.4, -0.2) is 5.11 Å². The summed E-state index contributed by atoms with van der Waals surface area (Å²) >= 11 is 0. The van der Waals surface area contributed by atoms with E-state index in [1.165, 1.54) is 0 Å². The number of benzene rings is 1. The maximum absolute atomic E-state index is 13.4. The zero-order chi connectivity index (χ0) is 9.64. The molecule has 0 spiro atoms. The second-order valence-corrected chi connectivity index (χ2v) is 3.90. The number of hydrogen-bond acceptors (Lipinski definition) is 1. The highest BCUT2D eigenvalue weighted by Gasteiger charge is 2.43. The molecule has 2 rings (SSSR count). The Kier molecular flexibility index (Phi) is 1.70. The van der Waals surface area contributed by atoms with Gasteiger partial charge in [-0.25, -0.2) is 4.39 Å². The first-order chi connectivity index (χ1) is 6.04. The summed E-state index contributed by atoms with van der Waals surface area (Å²) in [6.07, 6.45) is 1.52. The predicted molar refractivity (Wildman–Crippen MR) is 49.0 cm³/mol. The smallest absolute Gasteiger partial charge is 0.129 e. The maximum atomic E-state index is 13.4. The van der Waals surface area contributed by atoms with Crippen molar-refractivity contribution in [1.29, 1.82) is 0 Å². The van der Waals surface area contributed by atoms with E-state index in [9.17, 15) is 9.50 Å². The Hall–Kier alpha value is -0.890. The zero-order valence-electron chi connectivity index (χ0n) is 7.89. The van der Waals surface area contributed by atoms with Gasteiger partial charge in [0.1, 0.15) is 5.82 Å². The van der Waals surface area contributed by atoms with E-state index in [-0.39, 0.29) is 5.82 Å². The molecule has 2 heteroatoms. The van der Waals surface area contributed by atoms with Crippen molar-refractivity contribution in [2.45, 2.75) is 32.3 Å². The van der Waals surface area contributed by atoms with Gasteiger partial charge in [0.2, 0.25) is 0 Å². The Morgan fingerprint density at radius 1 is 1.31 bits per heavy atom. The van der Waals surface area contributed by atoms with Gasteiger partial charge < -0.3 is 5.11 Å². The molecular weight excluding hydrogens is 167 g/mol. The molecule has 0 radical (unpaired) electrons. The number of aliphatic hydroxyl groups is 1. The van der Waals surface area contributed by atoms with Crippen LogP contribution >= 0.6 is 0 Å². The van der Waals surface area contributed by atoms with Crippen molar-refractivity contribution in [2.24, 2.45) is 0 Å². The van der Waals surface area contributed by atoms with E-state index in [0.717, 1.165) is 18.4 Å². The molecule has 1 aliphatic carbocycles. The molecule has 0 heterocycles. The van der Waals surface area contributed by atoms with Gasteiger partial charge in [-0.3, -0.25) is 0 Å². The molecule has 1 aromatic carbocycles. The molecule has 0 aliphatic heterocycles. The molecule has 0 saturated heterocycles. The van der Waals surface area contributed by atoms with Gasteiger partial charge in [0.05, 0.1) is 5.60 Å². The second-order valence-electron chi connectivity index (χ2n) is 3.90. The van der Waals surface area contributed by atoms with Crippen LogP contribution in [0, 0.1) is 19.7 Å². The van der Waals surface area contributed by atoms with Crippen molar-refractivity contribution in [1.82, 2.24) is 0 Å². The minimum absolute atomic E-state index is 0.183. The molecule has 1 fully saturated rings. The van der Waals surface area contributed by atoms with Crippen LogP contribution < -0.4 is 0 Å². The molecule has 0 amide bonds. The predicted octanol–water partition coefficient (Wildman–Crippen LogP) is 2.42. The Morgan fingerprint density at radius 3 is 2.46 bits per heavy atom. The molecule has 0 bridgehead atoms. The minimum Gasteiger partial charge on any atom is -0.385 e. The van der Waals surface area contributed by atoms with Crippen LogP contribution in [-0.2, 0) is 5.60 Å². The lowest BCUT2D eigenvalue weighted by Gasteiger charge is -2.13. The van der Waals surface area contributed by atoms with Gasteiger partial charge in [-0.2, -0.15) is 0 Å². The fourth-order valence-corrected chi connectivity index (χ4v) is 1.71. The molecule has 0 aromatic heterocycles. The third-order valence-corrected chi connectivity index (χ3v) is 2.80. The highest BCUT2D eigenvalue weighted by atomic mass is 19.1. The van der Waals surface area contributed by atoms with E-state index in [0.29, 0.717) is 11.1 Å². The fourth-order valence-electron chi connectivity index (χ4n) is 1.71. The summed E-state index contributed by atoms with van der Waals surface area (Å²) in [6, 6.07) is 3.56. The summed E-state index contributed by atoms with van der Waals surface area (Å²) < 4.78 is 13.4. The minimum atomic E-state index is -0.724. The largest absolute Gasteiger partial charge is 0.385 e. The van der Waals surface area contributed by atoms with E-state index >= 15 is 0 Å². The van der Waals surface area contributed by atoms with Crippen LogP contribution in [0.15, 0.2) is 12.1 Å². The fraction of sp³-hybridized carbons (Fsp3) is 0.455. The van der Waals surface area contributed by atoms with Crippen LogP contribution in [0.5, 0.6) is 0 Å². The van der Waals surface area contributed by atoms with E-state index in [2.05, 4.69) is 0 Å². The first kappa shape index (κ1) is 8.70. The van der Waals surface area contributed by atoms with Crippen LogP contribution in [0.3, 0.4) is 0 Å². The summed E-state index contributed by atoms with van der Waals surface area (Å²) in [4.78, 5) is 0. The summed E-state index contributed by atoms with van der Waals surface area (Å²) in [6.45, 7) is 3.47. The van der Waals surface area contributed by atoms with Crippen LogP contribution in [0.2, 0.25) is 0 Å². The van der Waals surface area contributed by atoms with Gasteiger partial charge in [0.25, 0.3) is 0 Å². The molecule has 1 aliphatic rings. The monoisotopic (exact) mass is 180 g/mol. The van der Waals surface area contributed by atoms with E-state index in [4.69, 9.17) is 0 Å². The molecule has 1 aromatic rings. The first-order valence-corrected chi connectivity index (χ1v) is 4.53. The second kappa shape index (κ2) is 2.55. The Balaban J connectivity index is 2.54. The third kappa shape index (κ3) is 1.25. The summed E-state index contributed by atoms with van der Waals surface area (Å²) in [5.74, 6) is -0.183. The van der Waals surface area contributed by atoms with Gasteiger partial charge in [0, 0.05) is 0 Å². The lowest BCUT2D eigenvalue weighted by Crippen LogP contribution is -2.08. The molecule has 70 valence electrons. The first-order valence-electron chi connectivity index (χ1n) is 4.53. The maximum Gasteiger partial charge on any atom is 0.129 e. The Bertz CT molecular complexity index is 353.